The molecule has 0 amide bonds. The molecule has 1 aromatic carbocycles. The van der Waals surface area contributed by atoms with E-state index in [9.17, 15) is 0 Å². The molecule has 21 heavy (non-hydrogen) atoms. The van der Waals surface area contributed by atoms with Gasteiger partial charge in [-0.05, 0) is 6.42 Å². The van der Waals surface area contributed by atoms with Crippen LogP contribution in [0.4, 0.5) is 5.13 Å². The van der Waals surface area contributed by atoms with E-state index in [1.165, 1.54) is 0 Å². The molecule has 5 nitrogen and oxygen atoms in total. The minimum Gasteiger partial charge on any atom is -0.496 e. The minimum atomic E-state index is 0.696. The molecule has 0 bridgehead atoms. The van der Waals surface area contributed by atoms with Crippen molar-refractivity contribution in [2.75, 3.05) is 33.2 Å². The van der Waals surface area contributed by atoms with Crippen molar-refractivity contribution < 1.29 is 14.2 Å². The van der Waals surface area contributed by atoms with Crippen LogP contribution in [0.3, 0.4) is 0 Å². The quantitative estimate of drug-likeness (QED) is 0.846. The number of benzene rings is 1. The number of ether oxygens (including phenoxy) is 3. The van der Waals surface area contributed by atoms with Crippen molar-refractivity contribution in [2.24, 2.45) is 0 Å². The van der Waals surface area contributed by atoms with Crippen molar-refractivity contribution in [3.05, 3.63) is 18.3 Å². The Kier molecular flexibility index (Phi) is 5.27. The highest BCUT2D eigenvalue weighted by molar-refractivity contribution is 7.19. The first-order valence-corrected chi connectivity index (χ1v) is 7.55. The van der Waals surface area contributed by atoms with Gasteiger partial charge in [0.2, 0.25) is 0 Å². The van der Waals surface area contributed by atoms with E-state index in [1.54, 1.807) is 32.7 Å². The van der Waals surface area contributed by atoms with Crippen LogP contribution in [0.25, 0.3) is 10.4 Å². The topological polar surface area (TPSA) is 52.6 Å². The molecule has 0 radical (unpaired) electrons. The van der Waals surface area contributed by atoms with Crippen molar-refractivity contribution >= 4 is 16.5 Å². The lowest BCUT2D eigenvalue weighted by molar-refractivity contribution is 0.377. The lowest BCUT2D eigenvalue weighted by Crippen LogP contribution is -1.97. The lowest BCUT2D eigenvalue weighted by atomic mass is 10.1. The van der Waals surface area contributed by atoms with Gasteiger partial charge in [0, 0.05) is 24.9 Å². The first-order valence-electron chi connectivity index (χ1n) is 6.73. The van der Waals surface area contributed by atoms with E-state index in [-0.39, 0.29) is 0 Å². The molecular weight excluding hydrogens is 288 g/mol. The smallest absolute Gasteiger partial charge is 0.183 e. The van der Waals surface area contributed by atoms with Gasteiger partial charge in [0.25, 0.3) is 0 Å². The van der Waals surface area contributed by atoms with Crippen LogP contribution in [0.1, 0.15) is 13.3 Å². The van der Waals surface area contributed by atoms with Gasteiger partial charge in [-0.2, -0.15) is 0 Å². The van der Waals surface area contributed by atoms with E-state index in [2.05, 4.69) is 17.2 Å². The normalized spacial score (nSPS) is 10.3. The number of methoxy groups -OCH3 is 3. The first kappa shape index (κ1) is 15.4. The first-order chi connectivity index (χ1) is 10.2. The maximum atomic E-state index is 5.47. The fraction of sp³-hybridized carbons (Fsp3) is 0.400. The molecule has 0 unspecified atom stereocenters. The number of thiazole rings is 1. The van der Waals surface area contributed by atoms with Crippen LogP contribution < -0.4 is 19.5 Å². The number of aromatic nitrogens is 1. The molecule has 0 saturated heterocycles. The summed E-state index contributed by atoms with van der Waals surface area (Å²) in [6.45, 7) is 3.03. The molecule has 2 rings (SSSR count). The van der Waals surface area contributed by atoms with Gasteiger partial charge >= 0.3 is 0 Å². The Balaban J connectivity index is 2.43. The van der Waals surface area contributed by atoms with E-state index in [4.69, 9.17) is 14.2 Å². The third-order valence-corrected chi connectivity index (χ3v) is 3.97. The standard InChI is InChI=1S/C15H20N2O3S/c1-5-6-16-15-17-9-13(21-15)14-11(19-3)7-10(18-2)8-12(14)20-4/h7-9H,5-6H2,1-4H3,(H,16,17). The van der Waals surface area contributed by atoms with Gasteiger partial charge in [0.05, 0.1) is 31.8 Å². The Morgan fingerprint density at radius 1 is 1.10 bits per heavy atom. The van der Waals surface area contributed by atoms with Gasteiger partial charge in [0.15, 0.2) is 5.13 Å². The van der Waals surface area contributed by atoms with Crippen molar-refractivity contribution in [3.8, 4) is 27.7 Å². The predicted octanol–water partition coefficient (Wildman–Crippen LogP) is 3.66. The SMILES string of the molecule is CCCNc1ncc(-c2c(OC)cc(OC)cc2OC)s1. The molecule has 0 spiro atoms. The molecule has 0 fully saturated rings. The van der Waals surface area contributed by atoms with Crippen molar-refractivity contribution in [1.29, 1.82) is 0 Å². The molecule has 0 saturated carbocycles. The van der Waals surface area contributed by atoms with Gasteiger partial charge in [-0.3, -0.25) is 0 Å². The Morgan fingerprint density at radius 2 is 1.76 bits per heavy atom. The van der Waals surface area contributed by atoms with E-state index in [0.29, 0.717) is 17.2 Å². The Labute approximate surface area is 128 Å². The third-order valence-electron chi connectivity index (χ3n) is 2.99. The predicted molar refractivity (Wildman–Crippen MR) is 86.0 cm³/mol. The zero-order valence-corrected chi connectivity index (χ0v) is 13.5. The minimum absolute atomic E-state index is 0.696. The molecule has 0 aliphatic heterocycles. The Morgan fingerprint density at radius 3 is 2.29 bits per heavy atom. The van der Waals surface area contributed by atoms with E-state index >= 15 is 0 Å². The second kappa shape index (κ2) is 7.17. The highest BCUT2D eigenvalue weighted by atomic mass is 32.1. The molecular formula is C15H20N2O3S. The Bertz CT molecular complexity index is 573. The van der Waals surface area contributed by atoms with Gasteiger partial charge in [-0.15, -0.1) is 0 Å². The summed E-state index contributed by atoms with van der Waals surface area (Å²) in [5.74, 6) is 2.11. The highest BCUT2D eigenvalue weighted by Gasteiger charge is 2.17. The van der Waals surface area contributed by atoms with Crippen LogP contribution in [0.2, 0.25) is 0 Å². The van der Waals surface area contributed by atoms with Gasteiger partial charge < -0.3 is 19.5 Å². The molecule has 1 N–H and O–H groups in total. The molecule has 0 atom stereocenters. The molecule has 6 heteroatoms. The number of rotatable bonds is 7. The summed E-state index contributed by atoms with van der Waals surface area (Å²) in [6, 6.07) is 3.69. The maximum Gasteiger partial charge on any atom is 0.183 e. The third kappa shape index (κ3) is 3.39. The van der Waals surface area contributed by atoms with Gasteiger partial charge in [-0.25, -0.2) is 4.98 Å². The zero-order valence-electron chi connectivity index (χ0n) is 12.7. The van der Waals surface area contributed by atoms with E-state index in [1.807, 2.05) is 18.3 Å². The molecule has 114 valence electrons. The second-order valence-corrected chi connectivity index (χ2v) is 5.39. The number of hydrogen-bond donors (Lipinski definition) is 1. The summed E-state index contributed by atoms with van der Waals surface area (Å²) in [4.78, 5) is 5.38. The maximum absolute atomic E-state index is 5.47. The number of anilines is 1. The van der Waals surface area contributed by atoms with Gasteiger partial charge in [0.1, 0.15) is 17.2 Å². The average Bonchev–Trinajstić information content (AvgIpc) is 2.99. The monoisotopic (exact) mass is 308 g/mol. The van der Waals surface area contributed by atoms with Crippen molar-refractivity contribution in [2.45, 2.75) is 13.3 Å². The van der Waals surface area contributed by atoms with Crippen LogP contribution in [0.15, 0.2) is 18.3 Å². The number of nitrogens with zero attached hydrogens (tertiary/aromatic N) is 1. The molecule has 0 aliphatic carbocycles. The number of nitrogens with one attached hydrogen (secondary N) is 1. The second-order valence-electron chi connectivity index (χ2n) is 4.36. The molecule has 1 aromatic heterocycles. The van der Waals surface area contributed by atoms with Crippen LogP contribution in [0.5, 0.6) is 17.2 Å². The summed E-state index contributed by atoms with van der Waals surface area (Å²) < 4.78 is 16.2. The zero-order chi connectivity index (χ0) is 15.2. The summed E-state index contributed by atoms with van der Waals surface area (Å²) in [5.41, 5.74) is 0.892. The largest absolute Gasteiger partial charge is 0.496 e. The van der Waals surface area contributed by atoms with Crippen LogP contribution in [-0.4, -0.2) is 32.9 Å². The fourth-order valence-corrected chi connectivity index (χ4v) is 2.85. The Hall–Kier alpha value is -1.95. The van der Waals surface area contributed by atoms with Gasteiger partial charge in [-0.1, -0.05) is 18.3 Å². The average molecular weight is 308 g/mol. The molecule has 2 aromatic rings. The highest BCUT2D eigenvalue weighted by Crippen LogP contribution is 2.44. The van der Waals surface area contributed by atoms with Crippen molar-refractivity contribution in [1.82, 2.24) is 4.98 Å². The summed E-state index contributed by atoms with van der Waals surface area (Å²) in [6.07, 6.45) is 2.89. The van der Waals surface area contributed by atoms with E-state index < -0.39 is 0 Å². The lowest BCUT2D eigenvalue weighted by Gasteiger charge is -2.13. The summed E-state index contributed by atoms with van der Waals surface area (Å²) >= 11 is 1.58. The van der Waals surface area contributed by atoms with Crippen LogP contribution in [0, 0.1) is 0 Å². The molecule has 1 heterocycles. The summed E-state index contributed by atoms with van der Waals surface area (Å²) in [7, 11) is 4.89. The summed E-state index contributed by atoms with van der Waals surface area (Å²) in [5, 5.41) is 4.18. The fourth-order valence-electron chi connectivity index (χ4n) is 1.95. The van der Waals surface area contributed by atoms with Crippen LogP contribution in [-0.2, 0) is 0 Å². The van der Waals surface area contributed by atoms with E-state index in [0.717, 1.165) is 28.5 Å². The number of hydrogen-bond acceptors (Lipinski definition) is 6. The van der Waals surface area contributed by atoms with Crippen molar-refractivity contribution in [3.63, 3.8) is 0 Å². The molecule has 0 aliphatic rings. The van der Waals surface area contributed by atoms with Crippen LogP contribution >= 0.6 is 11.3 Å².